The van der Waals surface area contributed by atoms with Gasteiger partial charge in [-0.25, -0.2) is 0 Å². The van der Waals surface area contributed by atoms with E-state index in [1.54, 1.807) is 0 Å². The van der Waals surface area contributed by atoms with E-state index in [0.717, 1.165) is 6.92 Å². The maximum atomic E-state index is 11.4. The fourth-order valence-electron chi connectivity index (χ4n) is 1.66. The molecule has 0 spiro atoms. The molecule has 5 atom stereocenters. The summed E-state index contributed by atoms with van der Waals surface area (Å²) in [4.78, 5) is 13.8. The molecular weight excluding hydrogens is 234 g/mol. The molecule has 1 saturated heterocycles. The van der Waals surface area contributed by atoms with E-state index < -0.39 is 42.5 Å². The fourth-order valence-corrected chi connectivity index (χ4v) is 1.66. The van der Waals surface area contributed by atoms with Gasteiger partial charge in [0.15, 0.2) is 5.78 Å². The van der Waals surface area contributed by atoms with Crippen molar-refractivity contribution >= 4 is 5.78 Å². The first-order chi connectivity index (χ1) is 7.90. The van der Waals surface area contributed by atoms with Gasteiger partial charge in [-0.1, -0.05) is 0 Å². The molecule has 0 amide bonds. The van der Waals surface area contributed by atoms with Gasteiger partial charge in [0.1, 0.15) is 24.4 Å². The molecule has 1 aliphatic rings. The highest BCUT2D eigenvalue weighted by Gasteiger charge is 2.56. The Morgan fingerprint density at radius 3 is 2.47 bits per heavy atom. The standard InChI is InChI=1S/C8H13N3O6/c1-3(13)8(10-11-9)7(16)6(15)5(14)4(2-12)17-8/h4-7,12,14-16H,2H2,1H3/t4-,5-,6+,7-,8?/m1/s1. The van der Waals surface area contributed by atoms with Crippen LogP contribution in [0.2, 0.25) is 0 Å². The molecule has 1 rings (SSSR count). The monoisotopic (exact) mass is 247 g/mol. The molecule has 0 aromatic rings. The van der Waals surface area contributed by atoms with Crippen LogP contribution in [0.4, 0.5) is 0 Å². The number of carbonyl (C=O) groups excluding carboxylic acids is 1. The average molecular weight is 247 g/mol. The van der Waals surface area contributed by atoms with Crippen molar-refractivity contribution in [2.45, 2.75) is 37.1 Å². The van der Waals surface area contributed by atoms with Crippen LogP contribution in [0.15, 0.2) is 5.11 Å². The van der Waals surface area contributed by atoms with Crippen molar-refractivity contribution in [2.24, 2.45) is 5.11 Å². The van der Waals surface area contributed by atoms with Crippen LogP contribution in [0, 0.1) is 0 Å². The van der Waals surface area contributed by atoms with Crippen LogP contribution in [0.5, 0.6) is 0 Å². The van der Waals surface area contributed by atoms with Crippen molar-refractivity contribution in [3.8, 4) is 0 Å². The zero-order valence-corrected chi connectivity index (χ0v) is 8.96. The van der Waals surface area contributed by atoms with Crippen molar-refractivity contribution in [3.05, 3.63) is 10.4 Å². The second kappa shape index (κ2) is 4.96. The second-order valence-corrected chi connectivity index (χ2v) is 3.71. The van der Waals surface area contributed by atoms with Gasteiger partial charge in [-0.15, -0.1) is 0 Å². The lowest BCUT2D eigenvalue weighted by atomic mass is 9.89. The first-order valence-electron chi connectivity index (χ1n) is 4.81. The van der Waals surface area contributed by atoms with Gasteiger partial charge >= 0.3 is 0 Å². The van der Waals surface area contributed by atoms with E-state index in [2.05, 4.69) is 10.0 Å². The third-order valence-electron chi connectivity index (χ3n) is 2.66. The highest BCUT2D eigenvalue weighted by Crippen LogP contribution is 2.32. The summed E-state index contributed by atoms with van der Waals surface area (Å²) in [5.74, 6) is -0.841. The number of rotatable bonds is 3. The number of hydrogen-bond acceptors (Lipinski definition) is 7. The molecule has 1 unspecified atom stereocenters. The van der Waals surface area contributed by atoms with Crippen LogP contribution in [-0.4, -0.2) is 63.0 Å². The summed E-state index contributed by atoms with van der Waals surface area (Å²) < 4.78 is 4.94. The highest BCUT2D eigenvalue weighted by molar-refractivity contribution is 5.85. The topological polar surface area (TPSA) is 156 Å². The summed E-state index contributed by atoms with van der Waals surface area (Å²) in [6, 6.07) is 0. The summed E-state index contributed by atoms with van der Waals surface area (Å²) in [5, 5.41) is 40.6. The molecule has 0 aliphatic carbocycles. The summed E-state index contributed by atoms with van der Waals surface area (Å²) in [7, 11) is 0. The van der Waals surface area contributed by atoms with Gasteiger partial charge in [0.05, 0.1) is 6.61 Å². The van der Waals surface area contributed by atoms with Crippen molar-refractivity contribution in [2.75, 3.05) is 6.61 Å². The first-order valence-corrected chi connectivity index (χ1v) is 4.81. The molecule has 0 radical (unpaired) electrons. The Morgan fingerprint density at radius 2 is 2.06 bits per heavy atom. The van der Waals surface area contributed by atoms with Gasteiger partial charge in [0.25, 0.3) is 0 Å². The molecule has 4 N–H and O–H groups in total. The van der Waals surface area contributed by atoms with E-state index in [1.807, 2.05) is 0 Å². The smallest absolute Gasteiger partial charge is 0.233 e. The van der Waals surface area contributed by atoms with Gasteiger partial charge in [-0.3, -0.25) is 4.79 Å². The Morgan fingerprint density at radius 1 is 1.47 bits per heavy atom. The van der Waals surface area contributed by atoms with E-state index in [0.29, 0.717) is 0 Å². The minimum Gasteiger partial charge on any atom is -0.394 e. The van der Waals surface area contributed by atoms with Crippen LogP contribution in [0.3, 0.4) is 0 Å². The molecule has 0 bridgehead atoms. The molecule has 0 saturated carbocycles. The number of carbonyl (C=O) groups is 1. The van der Waals surface area contributed by atoms with Crippen LogP contribution in [0.25, 0.3) is 10.4 Å². The maximum Gasteiger partial charge on any atom is 0.233 e. The number of nitrogens with zero attached hydrogens (tertiary/aromatic N) is 3. The molecular formula is C8H13N3O6. The highest BCUT2D eigenvalue weighted by atomic mass is 16.6. The Kier molecular flexibility index (Phi) is 4.04. The third-order valence-corrected chi connectivity index (χ3v) is 2.66. The van der Waals surface area contributed by atoms with E-state index >= 15 is 0 Å². The zero-order valence-electron chi connectivity index (χ0n) is 8.96. The number of hydrogen-bond donors (Lipinski definition) is 4. The van der Waals surface area contributed by atoms with Crippen LogP contribution >= 0.6 is 0 Å². The Bertz CT molecular complexity index is 351. The summed E-state index contributed by atoms with van der Waals surface area (Å²) >= 11 is 0. The molecule has 0 aromatic heterocycles. The quantitative estimate of drug-likeness (QED) is 0.258. The van der Waals surface area contributed by atoms with Gasteiger partial charge in [-0.2, -0.15) is 0 Å². The van der Waals surface area contributed by atoms with Gasteiger partial charge in [-0.05, 0) is 17.6 Å². The lowest BCUT2D eigenvalue weighted by Crippen LogP contribution is -2.66. The van der Waals surface area contributed by atoms with E-state index in [4.69, 9.17) is 15.4 Å². The first kappa shape index (κ1) is 13.8. The molecule has 17 heavy (non-hydrogen) atoms. The Hall–Kier alpha value is -1.22. The summed E-state index contributed by atoms with van der Waals surface area (Å²) in [6.07, 6.45) is -6.59. The van der Waals surface area contributed by atoms with Crippen molar-refractivity contribution in [1.29, 1.82) is 0 Å². The van der Waals surface area contributed by atoms with Gasteiger partial charge < -0.3 is 25.2 Å². The molecule has 1 aliphatic heterocycles. The van der Waals surface area contributed by atoms with Crippen molar-refractivity contribution in [3.63, 3.8) is 0 Å². The van der Waals surface area contributed by atoms with E-state index in [9.17, 15) is 20.1 Å². The predicted molar refractivity (Wildman–Crippen MR) is 52.5 cm³/mol. The molecule has 1 heterocycles. The molecule has 96 valence electrons. The van der Waals surface area contributed by atoms with Crippen LogP contribution < -0.4 is 0 Å². The zero-order chi connectivity index (χ0) is 13.2. The third kappa shape index (κ3) is 2.12. The number of ether oxygens (including phenoxy) is 1. The maximum absolute atomic E-state index is 11.4. The lowest BCUT2D eigenvalue weighted by Gasteiger charge is -2.44. The Balaban J connectivity index is 3.20. The summed E-state index contributed by atoms with van der Waals surface area (Å²) in [5.41, 5.74) is 6.04. The normalized spacial score (nSPS) is 41.7. The summed E-state index contributed by atoms with van der Waals surface area (Å²) in [6.45, 7) is 0.289. The predicted octanol–water partition coefficient (Wildman–Crippen LogP) is -1.94. The number of aliphatic hydroxyl groups excluding tert-OH is 4. The SMILES string of the molecule is CC(=O)C1(N=[N+]=[N-])O[C@H](CO)[C@@H](O)[C@H](O)[C@H]1O. The van der Waals surface area contributed by atoms with Gasteiger partial charge in [0, 0.05) is 4.91 Å². The van der Waals surface area contributed by atoms with Gasteiger partial charge in [0.2, 0.25) is 5.72 Å². The molecule has 0 aromatic carbocycles. The molecule has 1 fully saturated rings. The average Bonchev–Trinajstić information content (AvgIpc) is 2.30. The number of ketones is 1. The van der Waals surface area contributed by atoms with E-state index in [-0.39, 0.29) is 0 Å². The minimum absolute atomic E-state index is 0.707. The lowest BCUT2D eigenvalue weighted by molar-refractivity contribution is -0.262. The number of azide groups is 1. The second-order valence-electron chi connectivity index (χ2n) is 3.71. The van der Waals surface area contributed by atoms with Crippen LogP contribution in [-0.2, 0) is 9.53 Å². The fraction of sp³-hybridized carbons (Fsp3) is 0.875. The Labute approximate surface area is 95.9 Å². The van der Waals surface area contributed by atoms with Crippen molar-refractivity contribution < 1.29 is 30.0 Å². The van der Waals surface area contributed by atoms with Crippen LogP contribution in [0.1, 0.15) is 6.92 Å². The number of Topliss-reactive ketones (excluding diaryl/α,β-unsaturated/α-hetero) is 1. The molecule has 9 nitrogen and oxygen atoms in total. The largest absolute Gasteiger partial charge is 0.394 e. The number of aliphatic hydroxyl groups is 4. The molecule has 9 heteroatoms. The van der Waals surface area contributed by atoms with Crippen molar-refractivity contribution in [1.82, 2.24) is 0 Å². The minimum atomic E-state index is -2.33. The van der Waals surface area contributed by atoms with E-state index in [1.165, 1.54) is 0 Å².